The van der Waals surface area contributed by atoms with Gasteiger partial charge in [0, 0.05) is 24.0 Å². The standard InChI is InChI=1S/C19H18N4OS/c24-19(22-10-8-18-16(13-22)9-11-25-18)7-6-17-14-23(21-20-17)12-15-4-2-1-3-5-15/h1-7,9,11,14H,8,10,12-13H2/b7-6+. The number of carbonyl (C=O) groups excluding carboxylic acids is 1. The van der Waals surface area contributed by atoms with Gasteiger partial charge in [-0.25, -0.2) is 4.68 Å². The van der Waals surface area contributed by atoms with Crippen LogP contribution in [0, 0.1) is 0 Å². The van der Waals surface area contributed by atoms with Gasteiger partial charge in [-0.1, -0.05) is 35.5 Å². The Morgan fingerprint density at radius 2 is 2.12 bits per heavy atom. The molecule has 1 aliphatic heterocycles. The zero-order valence-corrected chi connectivity index (χ0v) is 14.5. The van der Waals surface area contributed by atoms with Crippen LogP contribution >= 0.6 is 11.3 Å². The molecule has 0 N–H and O–H groups in total. The summed E-state index contributed by atoms with van der Waals surface area (Å²) >= 11 is 1.78. The minimum Gasteiger partial charge on any atom is -0.334 e. The Morgan fingerprint density at radius 1 is 1.24 bits per heavy atom. The van der Waals surface area contributed by atoms with E-state index in [4.69, 9.17) is 0 Å². The molecule has 0 bridgehead atoms. The van der Waals surface area contributed by atoms with E-state index in [0.29, 0.717) is 18.8 Å². The van der Waals surface area contributed by atoms with Crippen LogP contribution in [0.1, 0.15) is 21.7 Å². The molecule has 5 nitrogen and oxygen atoms in total. The van der Waals surface area contributed by atoms with Crippen LogP contribution in [0.5, 0.6) is 0 Å². The van der Waals surface area contributed by atoms with E-state index in [0.717, 1.165) is 13.0 Å². The zero-order valence-electron chi connectivity index (χ0n) is 13.7. The van der Waals surface area contributed by atoms with E-state index in [9.17, 15) is 4.79 Å². The maximum Gasteiger partial charge on any atom is 0.246 e. The number of benzene rings is 1. The summed E-state index contributed by atoms with van der Waals surface area (Å²) in [5.41, 5.74) is 3.13. The summed E-state index contributed by atoms with van der Waals surface area (Å²) in [5.74, 6) is 0.0226. The van der Waals surface area contributed by atoms with Crippen molar-refractivity contribution in [2.75, 3.05) is 6.54 Å². The first-order valence-corrected chi connectivity index (χ1v) is 9.12. The number of hydrogen-bond donors (Lipinski definition) is 0. The Morgan fingerprint density at radius 3 is 3.00 bits per heavy atom. The fourth-order valence-corrected chi connectivity index (χ4v) is 3.83. The number of aromatic nitrogens is 3. The molecule has 1 amide bonds. The molecule has 3 heterocycles. The van der Waals surface area contributed by atoms with Gasteiger partial charge in [-0.05, 0) is 35.1 Å². The highest BCUT2D eigenvalue weighted by Gasteiger charge is 2.19. The zero-order chi connectivity index (χ0) is 17.1. The van der Waals surface area contributed by atoms with Gasteiger partial charge in [-0.3, -0.25) is 4.79 Å². The summed E-state index contributed by atoms with van der Waals surface area (Å²) < 4.78 is 1.78. The third-order valence-corrected chi connectivity index (χ3v) is 5.28. The lowest BCUT2D eigenvalue weighted by atomic mass is 10.1. The minimum absolute atomic E-state index is 0.0226. The molecule has 1 aliphatic rings. The lowest BCUT2D eigenvalue weighted by molar-refractivity contribution is -0.126. The normalized spacial score (nSPS) is 14.0. The van der Waals surface area contributed by atoms with Crippen LogP contribution in [-0.2, 0) is 24.3 Å². The number of nitrogens with zero attached hydrogens (tertiary/aromatic N) is 4. The molecule has 1 aromatic carbocycles. The quantitative estimate of drug-likeness (QED) is 0.680. The highest BCUT2D eigenvalue weighted by Crippen LogP contribution is 2.24. The van der Waals surface area contributed by atoms with Crippen molar-refractivity contribution >= 4 is 23.3 Å². The lowest BCUT2D eigenvalue weighted by Gasteiger charge is -2.25. The second-order valence-electron chi connectivity index (χ2n) is 6.04. The first-order valence-electron chi connectivity index (χ1n) is 8.24. The molecule has 0 unspecified atom stereocenters. The van der Waals surface area contributed by atoms with Gasteiger partial charge in [0.15, 0.2) is 0 Å². The highest BCUT2D eigenvalue weighted by molar-refractivity contribution is 7.10. The third-order valence-electron chi connectivity index (χ3n) is 4.26. The Balaban J connectivity index is 1.38. The number of thiophene rings is 1. The van der Waals surface area contributed by atoms with Gasteiger partial charge in [0.05, 0.1) is 12.7 Å². The van der Waals surface area contributed by atoms with Crippen molar-refractivity contribution in [2.45, 2.75) is 19.5 Å². The molecule has 0 spiro atoms. The predicted octanol–water partition coefficient (Wildman–Crippen LogP) is 2.99. The molecule has 0 saturated carbocycles. The first kappa shape index (κ1) is 15.8. The van der Waals surface area contributed by atoms with Crippen molar-refractivity contribution in [1.29, 1.82) is 0 Å². The second-order valence-corrected chi connectivity index (χ2v) is 7.04. The van der Waals surface area contributed by atoms with Crippen LogP contribution in [-0.4, -0.2) is 32.3 Å². The van der Waals surface area contributed by atoms with E-state index in [-0.39, 0.29) is 5.91 Å². The minimum atomic E-state index is 0.0226. The lowest BCUT2D eigenvalue weighted by Crippen LogP contribution is -2.34. The fraction of sp³-hybridized carbons (Fsp3) is 0.211. The van der Waals surface area contributed by atoms with Crippen molar-refractivity contribution in [3.63, 3.8) is 0 Å². The van der Waals surface area contributed by atoms with Crippen molar-refractivity contribution in [3.05, 3.63) is 75.7 Å². The summed E-state index contributed by atoms with van der Waals surface area (Å²) in [4.78, 5) is 15.7. The van der Waals surface area contributed by atoms with E-state index in [1.165, 1.54) is 16.0 Å². The summed E-state index contributed by atoms with van der Waals surface area (Å²) in [6, 6.07) is 12.2. The van der Waals surface area contributed by atoms with Gasteiger partial charge >= 0.3 is 0 Å². The number of rotatable bonds is 4. The monoisotopic (exact) mass is 350 g/mol. The van der Waals surface area contributed by atoms with Crippen molar-refractivity contribution < 1.29 is 4.79 Å². The van der Waals surface area contributed by atoms with Crippen molar-refractivity contribution in [1.82, 2.24) is 19.9 Å². The number of hydrogen-bond acceptors (Lipinski definition) is 4. The Labute approximate surface area is 150 Å². The summed E-state index contributed by atoms with van der Waals surface area (Å²) in [6.07, 6.45) is 6.12. The van der Waals surface area contributed by atoms with Crippen LogP contribution in [0.2, 0.25) is 0 Å². The second kappa shape index (κ2) is 7.03. The maximum absolute atomic E-state index is 12.4. The molecule has 0 radical (unpaired) electrons. The van der Waals surface area contributed by atoms with Crippen LogP contribution in [0.3, 0.4) is 0 Å². The number of carbonyl (C=O) groups is 1. The van der Waals surface area contributed by atoms with E-state index >= 15 is 0 Å². The van der Waals surface area contributed by atoms with E-state index < -0.39 is 0 Å². The maximum atomic E-state index is 12.4. The molecule has 3 aromatic rings. The Hall–Kier alpha value is -2.73. The van der Waals surface area contributed by atoms with Gasteiger partial charge < -0.3 is 4.90 Å². The van der Waals surface area contributed by atoms with Gasteiger partial charge in [-0.15, -0.1) is 16.4 Å². The molecule has 2 aromatic heterocycles. The smallest absolute Gasteiger partial charge is 0.246 e. The van der Waals surface area contributed by atoms with Crippen LogP contribution in [0.25, 0.3) is 6.08 Å². The molecular formula is C19H18N4OS. The largest absolute Gasteiger partial charge is 0.334 e. The molecule has 6 heteroatoms. The van der Waals surface area contributed by atoms with Crippen molar-refractivity contribution in [2.24, 2.45) is 0 Å². The summed E-state index contributed by atoms with van der Waals surface area (Å²) in [5, 5.41) is 10.3. The van der Waals surface area contributed by atoms with Crippen LogP contribution in [0.4, 0.5) is 0 Å². The Bertz CT molecular complexity index is 897. The highest BCUT2D eigenvalue weighted by atomic mass is 32.1. The third kappa shape index (κ3) is 3.69. The van der Waals surface area contributed by atoms with Gasteiger partial charge in [-0.2, -0.15) is 0 Å². The van der Waals surface area contributed by atoms with Crippen LogP contribution in [0.15, 0.2) is 54.1 Å². The van der Waals surface area contributed by atoms with Crippen molar-refractivity contribution in [3.8, 4) is 0 Å². The fourth-order valence-electron chi connectivity index (χ4n) is 2.94. The molecule has 0 atom stereocenters. The van der Waals surface area contributed by atoms with E-state index in [2.05, 4.69) is 33.9 Å². The van der Waals surface area contributed by atoms with Gasteiger partial charge in [0.1, 0.15) is 5.69 Å². The van der Waals surface area contributed by atoms with Gasteiger partial charge in [0.25, 0.3) is 0 Å². The molecule has 0 fully saturated rings. The number of fused-ring (bicyclic) bond motifs is 1. The van der Waals surface area contributed by atoms with Crippen LogP contribution < -0.4 is 0 Å². The molecule has 4 rings (SSSR count). The average Bonchev–Trinajstić information content (AvgIpc) is 3.29. The molecule has 0 saturated heterocycles. The topological polar surface area (TPSA) is 51.0 Å². The number of amides is 1. The molecule has 25 heavy (non-hydrogen) atoms. The SMILES string of the molecule is O=C(/C=C/c1cn(Cc2ccccc2)nn1)N1CCc2sccc2C1. The molecule has 126 valence electrons. The summed E-state index contributed by atoms with van der Waals surface area (Å²) in [6.45, 7) is 2.14. The predicted molar refractivity (Wildman–Crippen MR) is 98.0 cm³/mol. The van der Waals surface area contributed by atoms with E-state index in [1.807, 2.05) is 29.3 Å². The van der Waals surface area contributed by atoms with Gasteiger partial charge in [0.2, 0.25) is 5.91 Å². The average molecular weight is 350 g/mol. The Kier molecular flexibility index (Phi) is 4.43. The van der Waals surface area contributed by atoms with E-state index in [1.54, 1.807) is 28.2 Å². The molecule has 0 aliphatic carbocycles. The molecular weight excluding hydrogens is 332 g/mol. The first-order chi connectivity index (χ1) is 12.3. The summed E-state index contributed by atoms with van der Waals surface area (Å²) in [7, 11) is 0.